The highest BCUT2D eigenvalue weighted by molar-refractivity contribution is 7.13. The number of benzene rings is 1. The fourth-order valence-corrected chi connectivity index (χ4v) is 4.13. The van der Waals surface area contributed by atoms with Crippen molar-refractivity contribution in [3.63, 3.8) is 0 Å². The molecule has 17 heteroatoms. The van der Waals surface area contributed by atoms with Crippen LogP contribution in [0.3, 0.4) is 0 Å². The maximum Gasteiger partial charge on any atom is 0.573 e. The summed E-state index contributed by atoms with van der Waals surface area (Å²) in [4.78, 5) is 28.6. The number of hydrogen-bond donors (Lipinski definition) is 4. The van der Waals surface area contributed by atoms with Gasteiger partial charge in [0, 0.05) is 43.2 Å². The predicted octanol–water partition coefficient (Wildman–Crippen LogP) is 2.77. The number of nitrogens with two attached hydrogens (primary N) is 2. The van der Waals surface area contributed by atoms with Crippen molar-refractivity contribution in [2.45, 2.75) is 45.4 Å². The van der Waals surface area contributed by atoms with Crippen molar-refractivity contribution in [2.75, 3.05) is 6.54 Å². The van der Waals surface area contributed by atoms with Crippen LogP contribution in [0, 0.1) is 12.7 Å². The number of aromatic nitrogens is 3. The molecule has 0 aliphatic rings. The lowest BCUT2D eigenvalue weighted by molar-refractivity contribution is -0.274. The Morgan fingerprint density at radius 1 is 1.17 bits per heavy atom. The van der Waals surface area contributed by atoms with Gasteiger partial charge in [0.25, 0.3) is 11.8 Å². The average molecular weight is 615 g/mol. The van der Waals surface area contributed by atoms with Gasteiger partial charge in [-0.1, -0.05) is 17.4 Å². The van der Waals surface area contributed by atoms with E-state index in [4.69, 9.17) is 11.6 Å². The first kappa shape index (κ1) is 32.1. The van der Waals surface area contributed by atoms with Crippen molar-refractivity contribution in [1.29, 1.82) is 0 Å². The first-order valence-electron chi connectivity index (χ1n) is 12.3. The highest BCUT2D eigenvalue weighted by atomic mass is 32.1. The second-order valence-corrected chi connectivity index (χ2v) is 9.95. The Labute approximate surface area is 240 Å². The van der Waals surface area contributed by atoms with Crippen LogP contribution in [-0.2, 0) is 24.3 Å². The molecule has 2 heterocycles. The largest absolute Gasteiger partial charge is 0.573 e. The molecule has 1 aromatic carbocycles. The summed E-state index contributed by atoms with van der Waals surface area (Å²) in [6.45, 7) is 1.30. The Morgan fingerprint density at radius 2 is 1.93 bits per heavy atom. The lowest BCUT2D eigenvalue weighted by atomic mass is 10.2. The SMILES string of the molecule is Cc1ccc(CNC(=O)/C(N)=C/N(N)CC(F)CCc2nnc(C(=O)NCc3cc(OC(F)(F)F)ccc3F)s2)cn1. The maximum atomic E-state index is 14.5. The number of hydrogen-bond acceptors (Lipinski definition) is 10. The Kier molecular flexibility index (Phi) is 11.1. The van der Waals surface area contributed by atoms with Gasteiger partial charge in [0.15, 0.2) is 0 Å². The molecular weight excluding hydrogens is 587 g/mol. The molecule has 11 nitrogen and oxygen atoms in total. The number of nitrogens with one attached hydrogen (secondary N) is 2. The van der Waals surface area contributed by atoms with Crippen molar-refractivity contribution < 1.29 is 36.3 Å². The molecule has 6 N–H and O–H groups in total. The van der Waals surface area contributed by atoms with E-state index in [-0.39, 0.29) is 42.2 Å². The molecule has 0 radical (unpaired) electrons. The van der Waals surface area contributed by atoms with Gasteiger partial charge in [-0.25, -0.2) is 14.6 Å². The molecule has 226 valence electrons. The van der Waals surface area contributed by atoms with Crippen molar-refractivity contribution in [3.8, 4) is 5.75 Å². The first-order valence-corrected chi connectivity index (χ1v) is 13.1. The maximum absolute atomic E-state index is 14.5. The van der Waals surface area contributed by atoms with E-state index >= 15 is 0 Å². The van der Waals surface area contributed by atoms with Crippen LogP contribution < -0.4 is 26.9 Å². The third-order valence-electron chi connectivity index (χ3n) is 5.42. The van der Waals surface area contributed by atoms with E-state index in [0.717, 1.165) is 52.0 Å². The zero-order valence-corrected chi connectivity index (χ0v) is 22.9. The molecule has 0 fully saturated rings. The third-order valence-corrected chi connectivity index (χ3v) is 6.41. The van der Waals surface area contributed by atoms with Crippen LogP contribution >= 0.6 is 11.3 Å². The summed E-state index contributed by atoms with van der Waals surface area (Å²) in [6, 6.07) is 6.01. The summed E-state index contributed by atoms with van der Waals surface area (Å²) in [6.07, 6.45) is -3.61. The zero-order valence-electron chi connectivity index (χ0n) is 22.1. The topological polar surface area (TPSA) is 161 Å². The molecule has 0 bridgehead atoms. The molecule has 3 aromatic rings. The zero-order chi connectivity index (χ0) is 30.9. The number of pyridine rings is 1. The fraction of sp³-hybridized carbons (Fsp3) is 0.320. The second kappa shape index (κ2) is 14.5. The highest BCUT2D eigenvalue weighted by Gasteiger charge is 2.31. The van der Waals surface area contributed by atoms with E-state index in [9.17, 15) is 31.5 Å². The quantitative estimate of drug-likeness (QED) is 0.0982. The standard InChI is InChI=1S/C25H27F5N8O3S/c1-14-2-3-15(9-33-14)10-34-22(39)20(31)13-38(32)12-17(26)4-7-21-36-37-24(42-21)23(40)35-11-16-8-18(5-6-19(16)27)41-25(28,29)30/h2-3,5-6,8-9,13,17H,4,7,10-12,31-32H2,1H3,(H,34,39)(H,35,40)/b20-13-. The van der Waals surface area contributed by atoms with Gasteiger partial charge in [0.05, 0.1) is 6.54 Å². The number of amides is 2. The molecule has 42 heavy (non-hydrogen) atoms. The van der Waals surface area contributed by atoms with Crippen LogP contribution in [0.4, 0.5) is 22.0 Å². The average Bonchev–Trinajstić information content (AvgIpc) is 3.40. The van der Waals surface area contributed by atoms with Crippen molar-refractivity contribution in [2.24, 2.45) is 11.6 Å². The molecule has 0 aliphatic carbocycles. The lowest BCUT2D eigenvalue weighted by Gasteiger charge is -2.17. The number of aryl methyl sites for hydroxylation is 2. The minimum atomic E-state index is -4.96. The van der Waals surface area contributed by atoms with Crippen LogP contribution in [0.1, 0.15) is 38.1 Å². The van der Waals surface area contributed by atoms with Gasteiger partial charge in [-0.2, -0.15) is 0 Å². The summed E-state index contributed by atoms with van der Waals surface area (Å²) in [7, 11) is 0. The minimum absolute atomic E-state index is 0.0402. The number of halogens is 5. The van der Waals surface area contributed by atoms with E-state index in [1.54, 1.807) is 18.3 Å². The molecule has 0 saturated carbocycles. The molecule has 0 saturated heterocycles. The van der Waals surface area contributed by atoms with Crippen LogP contribution in [0.5, 0.6) is 5.75 Å². The summed E-state index contributed by atoms with van der Waals surface area (Å²) < 4.78 is 69.4. The van der Waals surface area contributed by atoms with E-state index in [1.165, 1.54) is 0 Å². The molecule has 0 spiro atoms. The van der Waals surface area contributed by atoms with Gasteiger partial charge in [-0.15, -0.1) is 23.4 Å². The normalized spacial score (nSPS) is 12.5. The van der Waals surface area contributed by atoms with Crippen molar-refractivity contribution >= 4 is 23.2 Å². The molecule has 2 amide bonds. The molecule has 3 rings (SSSR count). The summed E-state index contributed by atoms with van der Waals surface area (Å²) >= 11 is 0.869. The van der Waals surface area contributed by atoms with Gasteiger partial charge in [0.2, 0.25) is 5.01 Å². The van der Waals surface area contributed by atoms with Gasteiger partial charge >= 0.3 is 6.36 Å². The first-order chi connectivity index (χ1) is 19.8. The number of hydrazine groups is 1. The number of carbonyl (C=O) groups is 2. The van der Waals surface area contributed by atoms with Crippen molar-refractivity contribution in [1.82, 2.24) is 30.8 Å². The highest BCUT2D eigenvalue weighted by Crippen LogP contribution is 2.25. The molecule has 2 aromatic heterocycles. The van der Waals surface area contributed by atoms with Crippen LogP contribution in [0.25, 0.3) is 0 Å². The summed E-state index contributed by atoms with van der Waals surface area (Å²) in [5, 5.41) is 13.7. The van der Waals surface area contributed by atoms with E-state index in [0.29, 0.717) is 5.01 Å². The van der Waals surface area contributed by atoms with Gasteiger partial charge in [-0.3, -0.25) is 14.6 Å². The fourth-order valence-electron chi connectivity index (χ4n) is 3.36. The van der Waals surface area contributed by atoms with E-state index in [1.807, 2.05) is 6.92 Å². The summed E-state index contributed by atoms with van der Waals surface area (Å²) in [5.41, 5.74) is 6.89. The summed E-state index contributed by atoms with van der Waals surface area (Å²) in [5.74, 6) is 2.94. The van der Waals surface area contributed by atoms with Gasteiger partial charge in [-0.05, 0) is 43.2 Å². The van der Waals surface area contributed by atoms with Crippen LogP contribution in [-0.4, -0.2) is 51.1 Å². The number of carbonyl (C=O) groups excluding carboxylic acids is 2. The van der Waals surface area contributed by atoms with Gasteiger partial charge < -0.3 is 26.1 Å². The molecule has 1 unspecified atom stereocenters. The van der Waals surface area contributed by atoms with Crippen molar-refractivity contribution in [3.05, 3.63) is 81.1 Å². The Bertz CT molecular complexity index is 1400. The Hall–Kier alpha value is -4.38. The van der Waals surface area contributed by atoms with Crippen LogP contribution in [0.15, 0.2) is 48.4 Å². The number of rotatable bonds is 13. The third kappa shape index (κ3) is 10.5. The number of nitrogens with zero attached hydrogens (tertiary/aromatic N) is 4. The van der Waals surface area contributed by atoms with Gasteiger partial charge in [0.1, 0.15) is 28.4 Å². The smallest absolute Gasteiger partial charge is 0.406 e. The second-order valence-electron chi connectivity index (χ2n) is 8.89. The van der Waals surface area contributed by atoms with E-state index in [2.05, 4.69) is 30.6 Å². The monoisotopic (exact) mass is 614 g/mol. The Morgan fingerprint density at radius 3 is 2.62 bits per heavy atom. The van der Waals surface area contributed by atoms with Crippen LogP contribution in [0.2, 0.25) is 0 Å². The number of alkyl halides is 4. The molecule has 1 atom stereocenters. The lowest BCUT2D eigenvalue weighted by Crippen LogP contribution is -2.36. The molecular formula is C25H27F5N8O3S. The Balaban J connectivity index is 1.43. The molecule has 0 aliphatic heterocycles. The number of ether oxygens (including phenoxy) is 1. The minimum Gasteiger partial charge on any atom is -0.406 e. The van der Waals surface area contributed by atoms with E-state index < -0.39 is 42.5 Å². The predicted molar refractivity (Wildman–Crippen MR) is 141 cm³/mol.